The number of para-hydroxylation sites is 1. The minimum Gasteiger partial charge on any atom is -0.359 e. The number of aromatic amines is 1. The van der Waals surface area contributed by atoms with Crippen molar-refractivity contribution in [2.24, 2.45) is 0 Å². The number of halogens is 2. The normalized spacial score (nSPS) is 11.2. The van der Waals surface area contributed by atoms with Gasteiger partial charge in [-0.05, 0) is 40.8 Å². The molecule has 0 aliphatic carbocycles. The van der Waals surface area contributed by atoms with Gasteiger partial charge in [0.1, 0.15) is 0 Å². The molecule has 4 aromatic rings. The number of H-pyrrole nitrogens is 1. The van der Waals surface area contributed by atoms with Crippen LogP contribution in [-0.2, 0) is 0 Å². The minimum absolute atomic E-state index is 0.635. The highest BCUT2D eigenvalue weighted by Crippen LogP contribution is 2.31. The maximum Gasteiger partial charge on any atom is 0.189 e. The predicted molar refractivity (Wildman–Crippen MR) is 86.5 cm³/mol. The highest BCUT2D eigenvalue weighted by molar-refractivity contribution is 6.35. The molecule has 0 amide bonds. The van der Waals surface area contributed by atoms with Crippen LogP contribution in [0.2, 0.25) is 10.0 Å². The maximum atomic E-state index is 6.20. The van der Waals surface area contributed by atoms with Crippen LogP contribution in [0.5, 0.6) is 0 Å². The van der Waals surface area contributed by atoms with Gasteiger partial charge in [0.05, 0.1) is 16.2 Å². The average Bonchev–Trinajstić information content (AvgIpc) is 3.14. The van der Waals surface area contributed by atoms with Crippen LogP contribution in [0.4, 0.5) is 0 Å². The molecule has 0 saturated carbocycles. The van der Waals surface area contributed by atoms with Gasteiger partial charge in [0, 0.05) is 22.2 Å². The number of fused-ring (bicyclic) bond motifs is 1. The van der Waals surface area contributed by atoms with Crippen molar-refractivity contribution < 1.29 is 0 Å². The Morgan fingerprint density at radius 1 is 1.00 bits per heavy atom. The fourth-order valence-electron chi connectivity index (χ4n) is 2.41. The molecule has 0 saturated heterocycles. The van der Waals surface area contributed by atoms with E-state index in [2.05, 4.69) is 20.5 Å². The molecule has 0 aliphatic rings. The van der Waals surface area contributed by atoms with Crippen molar-refractivity contribution in [1.82, 2.24) is 25.2 Å². The van der Waals surface area contributed by atoms with E-state index in [9.17, 15) is 0 Å². The number of hydrogen-bond donors (Lipinski definition) is 1. The standard InChI is InChI=1S/C15H9Cl2N5/c16-9-4-6-10(7-5-9)22-15(19-20-21-22)12-8-18-14-11(12)2-1-3-13(14)17/h1-8,18H. The summed E-state index contributed by atoms with van der Waals surface area (Å²) in [7, 11) is 0. The Kier molecular flexibility index (Phi) is 3.10. The molecule has 5 nitrogen and oxygen atoms in total. The third-order valence-electron chi connectivity index (χ3n) is 3.45. The summed E-state index contributed by atoms with van der Waals surface area (Å²) in [6.45, 7) is 0. The number of rotatable bonds is 2. The van der Waals surface area contributed by atoms with Gasteiger partial charge in [0.15, 0.2) is 5.82 Å². The third kappa shape index (κ3) is 2.06. The smallest absolute Gasteiger partial charge is 0.189 e. The van der Waals surface area contributed by atoms with Crippen molar-refractivity contribution in [2.75, 3.05) is 0 Å². The van der Waals surface area contributed by atoms with Crippen LogP contribution >= 0.6 is 23.2 Å². The first kappa shape index (κ1) is 13.3. The molecule has 0 aliphatic heterocycles. The molecule has 0 spiro atoms. The van der Waals surface area contributed by atoms with Crippen LogP contribution in [-0.4, -0.2) is 25.2 Å². The summed E-state index contributed by atoms with van der Waals surface area (Å²) < 4.78 is 1.67. The lowest BCUT2D eigenvalue weighted by atomic mass is 10.1. The second-order valence-corrected chi connectivity index (χ2v) is 5.60. The first-order valence-electron chi connectivity index (χ1n) is 6.54. The quantitative estimate of drug-likeness (QED) is 0.601. The Bertz CT molecular complexity index is 956. The van der Waals surface area contributed by atoms with Crippen molar-refractivity contribution in [3.8, 4) is 17.1 Å². The minimum atomic E-state index is 0.635. The Hall–Kier alpha value is -2.37. The lowest BCUT2D eigenvalue weighted by molar-refractivity contribution is 0.791. The molecule has 0 atom stereocenters. The van der Waals surface area contributed by atoms with E-state index in [0.29, 0.717) is 15.9 Å². The summed E-state index contributed by atoms with van der Waals surface area (Å²) in [6, 6.07) is 13.1. The fourth-order valence-corrected chi connectivity index (χ4v) is 2.77. The molecule has 0 unspecified atom stereocenters. The molecule has 0 fully saturated rings. The van der Waals surface area contributed by atoms with E-state index in [1.165, 1.54) is 0 Å². The summed E-state index contributed by atoms with van der Waals surface area (Å²) in [5.74, 6) is 0.635. The Balaban J connectivity index is 1.92. The van der Waals surface area contributed by atoms with Gasteiger partial charge in [-0.15, -0.1) is 5.10 Å². The summed E-state index contributed by atoms with van der Waals surface area (Å²) >= 11 is 12.1. The van der Waals surface area contributed by atoms with Crippen molar-refractivity contribution in [3.05, 3.63) is 58.7 Å². The van der Waals surface area contributed by atoms with Gasteiger partial charge in [-0.1, -0.05) is 35.3 Å². The zero-order valence-electron chi connectivity index (χ0n) is 11.2. The van der Waals surface area contributed by atoms with E-state index in [-0.39, 0.29) is 0 Å². The third-order valence-corrected chi connectivity index (χ3v) is 4.01. The second kappa shape index (κ2) is 5.12. The molecule has 7 heteroatoms. The summed E-state index contributed by atoms with van der Waals surface area (Å²) in [5.41, 5.74) is 2.59. The Labute approximate surface area is 135 Å². The molecule has 2 heterocycles. The first-order chi connectivity index (χ1) is 10.7. The number of hydrogen-bond acceptors (Lipinski definition) is 3. The number of nitrogens with one attached hydrogen (secondary N) is 1. The molecule has 1 N–H and O–H groups in total. The highest BCUT2D eigenvalue weighted by atomic mass is 35.5. The fraction of sp³-hybridized carbons (Fsp3) is 0. The molecule has 0 radical (unpaired) electrons. The van der Waals surface area contributed by atoms with E-state index in [4.69, 9.17) is 23.2 Å². The van der Waals surface area contributed by atoms with Crippen molar-refractivity contribution in [1.29, 1.82) is 0 Å². The monoisotopic (exact) mass is 329 g/mol. The Morgan fingerprint density at radius 3 is 2.64 bits per heavy atom. The van der Waals surface area contributed by atoms with Crippen LogP contribution in [0.15, 0.2) is 48.7 Å². The largest absolute Gasteiger partial charge is 0.359 e. The second-order valence-electron chi connectivity index (χ2n) is 4.76. The highest BCUT2D eigenvalue weighted by Gasteiger charge is 2.15. The van der Waals surface area contributed by atoms with Gasteiger partial charge < -0.3 is 4.98 Å². The van der Waals surface area contributed by atoms with Crippen LogP contribution in [0.1, 0.15) is 0 Å². The van der Waals surface area contributed by atoms with Crippen LogP contribution in [0.25, 0.3) is 28.0 Å². The number of benzene rings is 2. The van der Waals surface area contributed by atoms with E-state index >= 15 is 0 Å². The maximum absolute atomic E-state index is 6.20. The van der Waals surface area contributed by atoms with E-state index in [1.807, 2.05) is 36.5 Å². The molecule has 2 aromatic carbocycles. The van der Waals surface area contributed by atoms with Gasteiger partial charge in [-0.3, -0.25) is 0 Å². The topological polar surface area (TPSA) is 59.4 Å². The molecule has 2 aromatic heterocycles. The van der Waals surface area contributed by atoms with E-state index < -0.39 is 0 Å². The molecule has 4 rings (SSSR count). The van der Waals surface area contributed by atoms with Gasteiger partial charge in [0.25, 0.3) is 0 Å². The molecular formula is C15H9Cl2N5. The van der Waals surface area contributed by atoms with Crippen molar-refractivity contribution >= 4 is 34.1 Å². The van der Waals surface area contributed by atoms with Gasteiger partial charge in [-0.2, -0.15) is 4.68 Å². The molecule has 0 bridgehead atoms. The van der Waals surface area contributed by atoms with Gasteiger partial charge in [0.2, 0.25) is 0 Å². The SMILES string of the molecule is Clc1ccc(-n2nnnc2-c2c[nH]c3c(Cl)cccc23)cc1. The lowest BCUT2D eigenvalue weighted by Crippen LogP contribution is -1.99. The zero-order valence-corrected chi connectivity index (χ0v) is 12.7. The summed E-state index contributed by atoms with van der Waals surface area (Å²) in [6.07, 6.45) is 1.86. The molecule has 108 valence electrons. The first-order valence-corrected chi connectivity index (χ1v) is 7.30. The summed E-state index contributed by atoms with van der Waals surface area (Å²) in [4.78, 5) is 3.17. The van der Waals surface area contributed by atoms with Gasteiger partial charge in [-0.25, -0.2) is 0 Å². The predicted octanol–water partition coefficient (Wildman–Crippen LogP) is 4.12. The van der Waals surface area contributed by atoms with Crippen molar-refractivity contribution in [2.45, 2.75) is 0 Å². The zero-order chi connectivity index (χ0) is 15.1. The average molecular weight is 330 g/mol. The summed E-state index contributed by atoms with van der Waals surface area (Å²) in [5, 5.41) is 14.3. The van der Waals surface area contributed by atoms with Crippen molar-refractivity contribution in [3.63, 3.8) is 0 Å². The van der Waals surface area contributed by atoms with Crippen LogP contribution in [0, 0.1) is 0 Å². The van der Waals surface area contributed by atoms with Crippen LogP contribution < -0.4 is 0 Å². The lowest BCUT2D eigenvalue weighted by Gasteiger charge is -2.04. The van der Waals surface area contributed by atoms with Gasteiger partial charge >= 0.3 is 0 Å². The van der Waals surface area contributed by atoms with Crippen LogP contribution in [0.3, 0.4) is 0 Å². The van der Waals surface area contributed by atoms with E-state index in [1.54, 1.807) is 16.8 Å². The number of tetrazole rings is 1. The van der Waals surface area contributed by atoms with E-state index in [0.717, 1.165) is 22.2 Å². The Morgan fingerprint density at radius 2 is 1.82 bits per heavy atom. The number of nitrogens with zero attached hydrogens (tertiary/aromatic N) is 4. The molecular weight excluding hydrogens is 321 g/mol. The molecule has 22 heavy (non-hydrogen) atoms. The number of aromatic nitrogens is 5.